The Kier molecular flexibility index (Phi) is 4.34. The Balaban J connectivity index is 2.12. The van der Waals surface area contributed by atoms with Crippen LogP contribution < -0.4 is 5.73 Å². The fraction of sp³-hybridized carbons (Fsp3) is 0.0714. The summed E-state index contributed by atoms with van der Waals surface area (Å²) in [4.78, 5) is 11.7. The Labute approximate surface area is 122 Å². The van der Waals surface area contributed by atoms with Crippen LogP contribution in [0.5, 0.6) is 0 Å². The molecule has 0 amide bonds. The van der Waals surface area contributed by atoms with Crippen molar-refractivity contribution in [1.82, 2.24) is 0 Å². The van der Waals surface area contributed by atoms with E-state index in [4.69, 9.17) is 10.5 Å². The number of rotatable bonds is 3. The molecule has 2 aromatic rings. The number of hydrogen-bond acceptors (Lipinski definition) is 3. The monoisotopic (exact) mass is 341 g/mol. The van der Waals surface area contributed by atoms with Crippen LogP contribution in [0.25, 0.3) is 0 Å². The van der Waals surface area contributed by atoms with E-state index in [2.05, 4.69) is 15.9 Å². The van der Waals surface area contributed by atoms with Crippen LogP contribution in [0.2, 0.25) is 0 Å². The molecule has 0 aliphatic heterocycles. The molecule has 0 aliphatic rings. The summed E-state index contributed by atoms with van der Waals surface area (Å²) in [5.41, 5.74) is 5.63. The van der Waals surface area contributed by atoms with Crippen molar-refractivity contribution in [1.29, 1.82) is 0 Å². The zero-order valence-electron chi connectivity index (χ0n) is 10.2. The summed E-state index contributed by atoms with van der Waals surface area (Å²) in [6.45, 7) is -0.293. The maximum absolute atomic E-state index is 13.5. The largest absolute Gasteiger partial charge is 0.457 e. The van der Waals surface area contributed by atoms with E-state index in [1.54, 1.807) is 0 Å². The molecule has 0 aromatic heterocycles. The van der Waals surface area contributed by atoms with Crippen LogP contribution in [0.4, 0.5) is 14.5 Å². The molecule has 0 saturated carbocycles. The number of carbonyl (C=O) groups is 1. The number of halogens is 3. The van der Waals surface area contributed by atoms with Gasteiger partial charge in [-0.3, -0.25) is 0 Å². The molecule has 0 saturated heterocycles. The van der Waals surface area contributed by atoms with Gasteiger partial charge in [0.2, 0.25) is 0 Å². The van der Waals surface area contributed by atoms with Crippen molar-refractivity contribution in [3.63, 3.8) is 0 Å². The third-order valence-corrected chi connectivity index (χ3v) is 3.07. The van der Waals surface area contributed by atoms with Crippen LogP contribution in [0.15, 0.2) is 40.9 Å². The van der Waals surface area contributed by atoms with E-state index in [1.165, 1.54) is 30.3 Å². The number of nitrogens with two attached hydrogens (primary N) is 1. The lowest BCUT2D eigenvalue weighted by molar-refractivity contribution is 0.0463. The lowest BCUT2D eigenvalue weighted by Gasteiger charge is -2.07. The van der Waals surface area contributed by atoms with Crippen molar-refractivity contribution >= 4 is 27.6 Å². The molecule has 0 fully saturated rings. The maximum Gasteiger partial charge on any atom is 0.341 e. The van der Waals surface area contributed by atoms with Gasteiger partial charge in [0.1, 0.15) is 18.2 Å². The molecule has 0 atom stereocenters. The standard InChI is InChI=1S/C14H10BrF2NO2/c15-9-1-3-12(16)8(5-9)7-20-14(19)11-6-10(18)2-4-13(11)17/h1-6H,7,18H2. The first-order valence-electron chi connectivity index (χ1n) is 5.63. The number of nitrogen functional groups attached to an aromatic ring is 1. The van der Waals surface area contributed by atoms with Crippen LogP contribution in [0.1, 0.15) is 15.9 Å². The molecule has 6 heteroatoms. The average molecular weight is 342 g/mol. The molecule has 2 aromatic carbocycles. The number of anilines is 1. The summed E-state index contributed by atoms with van der Waals surface area (Å²) in [6, 6.07) is 7.84. The van der Waals surface area contributed by atoms with Gasteiger partial charge in [0.05, 0.1) is 5.56 Å². The van der Waals surface area contributed by atoms with Crippen molar-refractivity contribution in [2.24, 2.45) is 0 Å². The van der Waals surface area contributed by atoms with Gasteiger partial charge in [-0.2, -0.15) is 0 Å². The Morgan fingerprint density at radius 2 is 1.85 bits per heavy atom. The third kappa shape index (κ3) is 3.33. The first-order chi connectivity index (χ1) is 9.47. The number of carbonyl (C=O) groups excluding carboxylic acids is 1. The molecule has 0 aliphatic carbocycles. The average Bonchev–Trinajstić information content (AvgIpc) is 2.42. The molecule has 20 heavy (non-hydrogen) atoms. The molecule has 0 radical (unpaired) electrons. The van der Waals surface area contributed by atoms with Gasteiger partial charge in [0, 0.05) is 15.7 Å². The second-order valence-corrected chi connectivity index (χ2v) is 4.97. The Morgan fingerprint density at radius 1 is 1.15 bits per heavy atom. The molecule has 0 bridgehead atoms. The number of ether oxygens (including phenoxy) is 1. The zero-order chi connectivity index (χ0) is 14.7. The minimum absolute atomic E-state index is 0.192. The lowest BCUT2D eigenvalue weighted by Crippen LogP contribution is -2.09. The number of esters is 1. The molecule has 3 nitrogen and oxygen atoms in total. The van der Waals surface area contributed by atoms with Crippen molar-refractivity contribution < 1.29 is 18.3 Å². The summed E-state index contributed by atoms with van der Waals surface area (Å²) in [5.74, 6) is -2.14. The van der Waals surface area contributed by atoms with Gasteiger partial charge in [0.15, 0.2) is 0 Å². The molecular formula is C14H10BrF2NO2. The van der Waals surface area contributed by atoms with Gasteiger partial charge in [-0.1, -0.05) is 15.9 Å². The van der Waals surface area contributed by atoms with Crippen LogP contribution in [0.3, 0.4) is 0 Å². The molecule has 2 N–H and O–H groups in total. The highest BCUT2D eigenvalue weighted by Crippen LogP contribution is 2.18. The van der Waals surface area contributed by atoms with Gasteiger partial charge in [-0.05, 0) is 36.4 Å². The second kappa shape index (κ2) is 6.00. The molecule has 104 valence electrons. The molecule has 0 heterocycles. The van der Waals surface area contributed by atoms with Crippen LogP contribution >= 0.6 is 15.9 Å². The molecular weight excluding hydrogens is 332 g/mol. The molecule has 0 unspecified atom stereocenters. The van der Waals surface area contributed by atoms with Gasteiger partial charge in [-0.25, -0.2) is 13.6 Å². The quantitative estimate of drug-likeness (QED) is 0.684. The van der Waals surface area contributed by atoms with E-state index < -0.39 is 17.6 Å². The van der Waals surface area contributed by atoms with Crippen molar-refractivity contribution in [2.45, 2.75) is 6.61 Å². The fourth-order valence-electron chi connectivity index (χ4n) is 1.57. The van der Waals surface area contributed by atoms with Gasteiger partial charge in [0.25, 0.3) is 0 Å². The first kappa shape index (κ1) is 14.5. The predicted molar refractivity (Wildman–Crippen MR) is 74.0 cm³/mol. The van der Waals surface area contributed by atoms with E-state index in [0.29, 0.717) is 4.47 Å². The first-order valence-corrected chi connectivity index (χ1v) is 6.43. The van der Waals surface area contributed by atoms with E-state index in [1.807, 2.05) is 0 Å². The normalized spacial score (nSPS) is 10.3. The van der Waals surface area contributed by atoms with Gasteiger partial charge in [-0.15, -0.1) is 0 Å². The smallest absolute Gasteiger partial charge is 0.341 e. The number of benzene rings is 2. The lowest BCUT2D eigenvalue weighted by atomic mass is 10.2. The predicted octanol–water partition coefficient (Wildman–Crippen LogP) is 3.67. The maximum atomic E-state index is 13.5. The summed E-state index contributed by atoms with van der Waals surface area (Å²) in [5, 5.41) is 0. The van der Waals surface area contributed by atoms with E-state index >= 15 is 0 Å². The highest BCUT2D eigenvalue weighted by molar-refractivity contribution is 9.10. The summed E-state index contributed by atoms with van der Waals surface area (Å²) >= 11 is 3.19. The minimum Gasteiger partial charge on any atom is -0.457 e. The summed E-state index contributed by atoms with van der Waals surface area (Å²) in [6.07, 6.45) is 0. The summed E-state index contributed by atoms with van der Waals surface area (Å²) in [7, 11) is 0. The van der Waals surface area contributed by atoms with E-state index in [9.17, 15) is 13.6 Å². The van der Waals surface area contributed by atoms with E-state index in [0.717, 1.165) is 6.07 Å². The highest BCUT2D eigenvalue weighted by atomic mass is 79.9. The third-order valence-electron chi connectivity index (χ3n) is 2.58. The molecule has 2 rings (SSSR count). The zero-order valence-corrected chi connectivity index (χ0v) is 11.8. The highest BCUT2D eigenvalue weighted by Gasteiger charge is 2.14. The Bertz CT molecular complexity index is 662. The molecule has 0 spiro atoms. The number of hydrogen-bond donors (Lipinski definition) is 1. The topological polar surface area (TPSA) is 52.3 Å². The van der Waals surface area contributed by atoms with E-state index in [-0.39, 0.29) is 23.4 Å². The minimum atomic E-state index is -0.894. The van der Waals surface area contributed by atoms with Crippen LogP contribution in [-0.2, 0) is 11.3 Å². The van der Waals surface area contributed by atoms with Crippen molar-refractivity contribution in [3.05, 3.63) is 63.6 Å². The van der Waals surface area contributed by atoms with Crippen molar-refractivity contribution in [2.75, 3.05) is 5.73 Å². The Hall–Kier alpha value is -1.95. The fourth-order valence-corrected chi connectivity index (χ4v) is 1.98. The van der Waals surface area contributed by atoms with Crippen LogP contribution in [0, 0.1) is 11.6 Å². The van der Waals surface area contributed by atoms with Crippen molar-refractivity contribution in [3.8, 4) is 0 Å². The Morgan fingerprint density at radius 3 is 2.60 bits per heavy atom. The van der Waals surface area contributed by atoms with Crippen LogP contribution in [-0.4, -0.2) is 5.97 Å². The van der Waals surface area contributed by atoms with Gasteiger partial charge >= 0.3 is 5.97 Å². The second-order valence-electron chi connectivity index (χ2n) is 4.05. The summed E-state index contributed by atoms with van der Waals surface area (Å²) < 4.78 is 32.5. The SMILES string of the molecule is Nc1ccc(F)c(C(=O)OCc2cc(Br)ccc2F)c1. The van der Waals surface area contributed by atoms with Gasteiger partial charge < -0.3 is 10.5 Å².